The summed E-state index contributed by atoms with van der Waals surface area (Å²) in [6.45, 7) is 10.5. The molecule has 0 saturated heterocycles. The molecule has 0 aliphatic rings. The molecule has 0 unspecified atom stereocenters. The van der Waals surface area contributed by atoms with Crippen molar-refractivity contribution >= 4 is 0 Å². The van der Waals surface area contributed by atoms with E-state index in [1.54, 1.807) is 0 Å². The van der Waals surface area contributed by atoms with Crippen LogP contribution in [0.15, 0.2) is 0 Å². The number of rotatable bonds is 8. The second-order valence-corrected chi connectivity index (χ2v) is 5.30. The molecular weight excluding hydrogens is 188 g/mol. The van der Waals surface area contributed by atoms with E-state index >= 15 is 0 Å². The van der Waals surface area contributed by atoms with E-state index in [0.29, 0.717) is 0 Å². The van der Waals surface area contributed by atoms with Gasteiger partial charge < -0.3 is 15.0 Å². The predicted octanol–water partition coefficient (Wildman–Crippen LogP) is 1.73. The minimum absolute atomic E-state index is 0.227. The van der Waals surface area contributed by atoms with Gasteiger partial charge in [-0.2, -0.15) is 0 Å². The van der Waals surface area contributed by atoms with Gasteiger partial charge >= 0.3 is 0 Å². The number of hydrogen-bond acceptors (Lipinski definition) is 3. The third-order valence-corrected chi connectivity index (χ3v) is 2.01. The second kappa shape index (κ2) is 8.08. The Balaban J connectivity index is 3.06. The molecular formula is C12H28N2O. The minimum atomic E-state index is 0.227. The highest BCUT2D eigenvalue weighted by Gasteiger charge is 2.06. The van der Waals surface area contributed by atoms with Gasteiger partial charge in [-0.3, -0.25) is 0 Å². The van der Waals surface area contributed by atoms with Gasteiger partial charge in [0, 0.05) is 18.8 Å². The first kappa shape index (κ1) is 14.9. The zero-order valence-corrected chi connectivity index (χ0v) is 11.1. The van der Waals surface area contributed by atoms with E-state index in [0.717, 1.165) is 39.1 Å². The monoisotopic (exact) mass is 216 g/mol. The summed E-state index contributed by atoms with van der Waals surface area (Å²) in [5, 5.41) is 3.44. The summed E-state index contributed by atoms with van der Waals surface area (Å²) >= 11 is 0. The first-order valence-electron chi connectivity index (χ1n) is 5.89. The fraction of sp³-hybridized carbons (Fsp3) is 1.00. The highest BCUT2D eigenvalue weighted by Crippen LogP contribution is 1.98. The van der Waals surface area contributed by atoms with Crippen LogP contribution in [0.2, 0.25) is 0 Å². The molecule has 0 spiro atoms. The quantitative estimate of drug-likeness (QED) is 0.625. The summed E-state index contributed by atoms with van der Waals surface area (Å²) in [5.74, 6) is 0. The van der Waals surface area contributed by atoms with Crippen molar-refractivity contribution in [3.63, 3.8) is 0 Å². The first-order chi connectivity index (χ1) is 6.92. The van der Waals surface area contributed by atoms with Crippen molar-refractivity contribution in [2.75, 3.05) is 40.4 Å². The van der Waals surface area contributed by atoms with Crippen molar-refractivity contribution in [1.29, 1.82) is 0 Å². The van der Waals surface area contributed by atoms with Gasteiger partial charge in [-0.05, 0) is 60.8 Å². The van der Waals surface area contributed by atoms with E-state index in [1.807, 2.05) is 0 Å². The minimum Gasteiger partial charge on any atom is -0.381 e. The summed E-state index contributed by atoms with van der Waals surface area (Å²) < 4.78 is 5.53. The number of nitrogens with one attached hydrogen (secondary N) is 1. The summed E-state index contributed by atoms with van der Waals surface area (Å²) in [5.41, 5.74) is 0.227. The molecule has 3 nitrogen and oxygen atoms in total. The standard InChI is InChI=1S/C12H28N2O/c1-12(2,3)13-8-6-10-15-11-7-9-14(4)5/h13H,6-11H2,1-5H3. The van der Waals surface area contributed by atoms with Gasteiger partial charge in [-0.25, -0.2) is 0 Å². The summed E-state index contributed by atoms with van der Waals surface area (Å²) in [6, 6.07) is 0. The SMILES string of the molecule is CN(C)CCCOCCCNC(C)(C)C. The third-order valence-electron chi connectivity index (χ3n) is 2.01. The molecule has 0 aliphatic carbocycles. The Labute approximate surface area is 95.2 Å². The molecule has 0 aromatic carbocycles. The van der Waals surface area contributed by atoms with Crippen molar-refractivity contribution in [3.05, 3.63) is 0 Å². The lowest BCUT2D eigenvalue weighted by Crippen LogP contribution is -2.36. The van der Waals surface area contributed by atoms with E-state index in [2.05, 4.69) is 45.1 Å². The molecule has 0 fully saturated rings. The zero-order valence-electron chi connectivity index (χ0n) is 11.1. The molecule has 0 bridgehead atoms. The van der Waals surface area contributed by atoms with Gasteiger partial charge in [0.25, 0.3) is 0 Å². The predicted molar refractivity (Wildman–Crippen MR) is 66.4 cm³/mol. The fourth-order valence-electron chi connectivity index (χ4n) is 1.22. The van der Waals surface area contributed by atoms with Crippen molar-refractivity contribution in [1.82, 2.24) is 10.2 Å². The van der Waals surface area contributed by atoms with E-state index in [1.165, 1.54) is 0 Å². The molecule has 0 heterocycles. The van der Waals surface area contributed by atoms with Crippen LogP contribution in [0, 0.1) is 0 Å². The van der Waals surface area contributed by atoms with Crippen molar-refractivity contribution in [2.24, 2.45) is 0 Å². The first-order valence-corrected chi connectivity index (χ1v) is 5.89. The van der Waals surface area contributed by atoms with Crippen molar-refractivity contribution < 1.29 is 4.74 Å². The average Bonchev–Trinajstić information content (AvgIpc) is 2.07. The van der Waals surface area contributed by atoms with Gasteiger partial charge in [-0.1, -0.05) is 0 Å². The summed E-state index contributed by atoms with van der Waals surface area (Å²) in [7, 11) is 4.18. The van der Waals surface area contributed by atoms with E-state index in [9.17, 15) is 0 Å². The van der Waals surface area contributed by atoms with Crippen LogP contribution >= 0.6 is 0 Å². The lowest BCUT2D eigenvalue weighted by Gasteiger charge is -2.20. The van der Waals surface area contributed by atoms with E-state index < -0.39 is 0 Å². The van der Waals surface area contributed by atoms with Crippen LogP contribution in [-0.4, -0.2) is 50.8 Å². The van der Waals surface area contributed by atoms with Crippen molar-refractivity contribution in [2.45, 2.75) is 39.2 Å². The van der Waals surface area contributed by atoms with Gasteiger partial charge in [0.15, 0.2) is 0 Å². The highest BCUT2D eigenvalue weighted by atomic mass is 16.5. The van der Waals surface area contributed by atoms with Crippen LogP contribution in [0.25, 0.3) is 0 Å². The van der Waals surface area contributed by atoms with Gasteiger partial charge in [0.05, 0.1) is 0 Å². The second-order valence-electron chi connectivity index (χ2n) is 5.30. The average molecular weight is 216 g/mol. The number of nitrogens with zero attached hydrogens (tertiary/aromatic N) is 1. The molecule has 0 amide bonds. The Morgan fingerprint density at radius 1 is 1.07 bits per heavy atom. The number of hydrogen-bond donors (Lipinski definition) is 1. The maximum Gasteiger partial charge on any atom is 0.0478 e. The van der Waals surface area contributed by atoms with Crippen LogP contribution in [0.5, 0.6) is 0 Å². The summed E-state index contributed by atoms with van der Waals surface area (Å²) in [4.78, 5) is 2.19. The van der Waals surface area contributed by atoms with Gasteiger partial charge in [-0.15, -0.1) is 0 Å². The van der Waals surface area contributed by atoms with Gasteiger partial charge in [0.2, 0.25) is 0 Å². The normalized spacial score (nSPS) is 12.4. The number of ether oxygens (including phenoxy) is 1. The van der Waals surface area contributed by atoms with E-state index in [4.69, 9.17) is 4.74 Å². The molecule has 0 aromatic rings. The fourth-order valence-corrected chi connectivity index (χ4v) is 1.22. The Bertz CT molecular complexity index is 141. The van der Waals surface area contributed by atoms with E-state index in [-0.39, 0.29) is 5.54 Å². The zero-order chi connectivity index (χ0) is 11.7. The molecule has 3 heteroatoms. The molecule has 15 heavy (non-hydrogen) atoms. The smallest absolute Gasteiger partial charge is 0.0478 e. The Morgan fingerprint density at radius 3 is 2.20 bits per heavy atom. The molecule has 0 aromatic heterocycles. The summed E-state index contributed by atoms with van der Waals surface area (Å²) in [6.07, 6.45) is 2.22. The van der Waals surface area contributed by atoms with Crippen LogP contribution in [0.4, 0.5) is 0 Å². The largest absolute Gasteiger partial charge is 0.381 e. The van der Waals surface area contributed by atoms with Gasteiger partial charge in [0.1, 0.15) is 0 Å². The van der Waals surface area contributed by atoms with Crippen LogP contribution in [0.3, 0.4) is 0 Å². The van der Waals surface area contributed by atoms with Crippen molar-refractivity contribution in [3.8, 4) is 0 Å². The molecule has 92 valence electrons. The van der Waals surface area contributed by atoms with Crippen LogP contribution in [0.1, 0.15) is 33.6 Å². The lowest BCUT2D eigenvalue weighted by molar-refractivity contribution is 0.122. The Morgan fingerprint density at radius 2 is 1.67 bits per heavy atom. The molecule has 0 radical (unpaired) electrons. The molecule has 0 aliphatic heterocycles. The topological polar surface area (TPSA) is 24.5 Å². The molecule has 0 atom stereocenters. The lowest BCUT2D eigenvalue weighted by atomic mass is 10.1. The Kier molecular flexibility index (Phi) is 8.02. The molecule has 0 saturated carbocycles. The maximum atomic E-state index is 5.53. The van der Waals surface area contributed by atoms with Crippen LogP contribution < -0.4 is 5.32 Å². The maximum absolute atomic E-state index is 5.53. The Hall–Kier alpha value is -0.120. The van der Waals surface area contributed by atoms with Crippen LogP contribution in [-0.2, 0) is 4.74 Å². The molecule has 0 rings (SSSR count). The molecule has 1 N–H and O–H groups in total. The third kappa shape index (κ3) is 13.9. The highest BCUT2D eigenvalue weighted by molar-refractivity contribution is 4.69.